The van der Waals surface area contributed by atoms with Gasteiger partial charge in [0.1, 0.15) is 11.6 Å². The second kappa shape index (κ2) is 5.02. The predicted octanol–water partition coefficient (Wildman–Crippen LogP) is 2.22. The lowest BCUT2D eigenvalue weighted by Crippen LogP contribution is -2.06. The van der Waals surface area contributed by atoms with Gasteiger partial charge in [0.05, 0.1) is 23.6 Å². The summed E-state index contributed by atoms with van der Waals surface area (Å²) >= 11 is 2.99. The summed E-state index contributed by atoms with van der Waals surface area (Å²) in [4.78, 5) is 22.0. The van der Waals surface area contributed by atoms with Crippen LogP contribution < -0.4 is 4.74 Å². The van der Waals surface area contributed by atoms with Crippen LogP contribution in [0.5, 0.6) is 5.75 Å². The van der Waals surface area contributed by atoms with E-state index in [0.717, 1.165) is 6.07 Å². The number of carbonyl (C=O) groups is 2. The van der Waals surface area contributed by atoms with Crippen molar-refractivity contribution < 1.29 is 18.7 Å². The van der Waals surface area contributed by atoms with Gasteiger partial charge in [-0.1, -0.05) is 15.9 Å². The zero-order valence-electron chi connectivity index (χ0n) is 7.92. The Morgan fingerprint density at radius 3 is 2.73 bits per heavy atom. The molecule has 3 nitrogen and oxygen atoms in total. The maximum Gasteiger partial charge on any atom is 0.177 e. The number of ether oxygens (including phenoxy) is 1. The number of benzene rings is 1. The van der Waals surface area contributed by atoms with E-state index in [1.54, 1.807) is 0 Å². The Labute approximate surface area is 94.4 Å². The third kappa shape index (κ3) is 2.23. The Morgan fingerprint density at radius 2 is 2.27 bits per heavy atom. The molecular weight excluding hydrogens is 267 g/mol. The second-order valence-corrected chi connectivity index (χ2v) is 3.28. The van der Waals surface area contributed by atoms with Crippen molar-refractivity contribution in [2.45, 2.75) is 0 Å². The summed E-state index contributed by atoms with van der Waals surface area (Å²) in [5.74, 6) is -0.989. The molecule has 1 rings (SSSR count). The quantitative estimate of drug-likeness (QED) is 0.480. The van der Waals surface area contributed by atoms with Crippen molar-refractivity contribution in [2.24, 2.45) is 0 Å². The largest absolute Gasteiger partial charge is 0.495 e. The van der Waals surface area contributed by atoms with E-state index in [2.05, 4.69) is 15.9 Å². The molecule has 5 heteroatoms. The van der Waals surface area contributed by atoms with E-state index in [1.165, 1.54) is 13.2 Å². The molecule has 0 amide bonds. The van der Waals surface area contributed by atoms with Gasteiger partial charge in [-0.15, -0.1) is 0 Å². The van der Waals surface area contributed by atoms with Gasteiger partial charge in [0.2, 0.25) is 0 Å². The summed E-state index contributed by atoms with van der Waals surface area (Å²) in [5.41, 5.74) is -0.0397. The van der Waals surface area contributed by atoms with Crippen molar-refractivity contribution in [3.63, 3.8) is 0 Å². The van der Waals surface area contributed by atoms with Crippen LogP contribution in [0.3, 0.4) is 0 Å². The lowest BCUT2D eigenvalue weighted by atomic mass is 10.1. The number of hydrogen-bond acceptors (Lipinski definition) is 3. The van der Waals surface area contributed by atoms with Gasteiger partial charge in [-0.2, -0.15) is 0 Å². The standard InChI is InChI=1S/C10H8BrFO3/c1-15-10-6(9(14)4-11)2-3-8(12)7(10)5-13/h2-3,5H,4H2,1H3. The normalized spacial score (nSPS) is 9.80. The van der Waals surface area contributed by atoms with Crippen LogP contribution in [-0.4, -0.2) is 24.5 Å². The highest BCUT2D eigenvalue weighted by molar-refractivity contribution is 9.09. The summed E-state index contributed by atoms with van der Waals surface area (Å²) in [7, 11) is 1.28. The maximum absolute atomic E-state index is 13.2. The Kier molecular flexibility index (Phi) is 3.96. The Morgan fingerprint density at radius 1 is 1.60 bits per heavy atom. The molecule has 0 N–H and O–H groups in total. The average molecular weight is 275 g/mol. The van der Waals surface area contributed by atoms with Crippen LogP contribution in [-0.2, 0) is 0 Å². The minimum atomic E-state index is -0.701. The molecular formula is C10H8BrFO3. The zero-order valence-corrected chi connectivity index (χ0v) is 9.51. The fourth-order valence-corrected chi connectivity index (χ4v) is 1.50. The molecule has 0 fully saturated rings. The van der Waals surface area contributed by atoms with Crippen LogP contribution in [0, 0.1) is 5.82 Å². The molecule has 0 radical (unpaired) electrons. The van der Waals surface area contributed by atoms with Crippen molar-refractivity contribution >= 4 is 28.0 Å². The Bertz CT molecular complexity index is 404. The molecule has 0 unspecified atom stereocenters. The van der Waals surface area contributed by atoms with Crippen LogP contribution >= 0.6 is 15.9 Å². The van der Waals surface area contributed by atoms with Crippen molar-refractivity contribution in [1.29, 1.82) is 0 Å². The molecule has 0 saturated carbocycles. The van der Waals surface area contributed by atoms with Crippen molar-refractivity contribution in [1.82, 2.24) is 0 Å². The predicted molar refractivity (Wildman–Crippen MR) is 56.5 cm³/mol. The van der Waals surface area contributed by atoms with E-state index in [1.807, 2.05) is 0 Å². The minimum Gasteiger partial charge on any atom is -0.495 e. The summed E-state index contributed by atoms with van der Waals surface area (Å²) in [6.07, 6.45) is 0.333. The first-order chi connectivity index (χ1) is 7.15. The van der Waals surface area contributed by atoms with Crippen molar-refractivity contribution in [2.75, 3.05) is 12.4 Å². The lowest BCUT2D eigenvalue weighted by Gasteiger charge is -2.09. The SMILES string of the molecule is COc1c(C(=O)CBr)ccc(F)c1C=O. The highest BCUT2D eigenvalue weighted by atomic mass is 79.9. The smallest absolute Gasteiger partial charge is 0.177 e. The lowest BCUT2D eigenvalue weighted by molar-refractivity contribution is 0.102. The molecule has 0 bridgehead atoms. The van der Waals surface area contributed by atoms with Gasteiger partial charge >= 0.3 is 0 Å². The number of hydrogen-bond donors (Lipinski definition) is 0. The number of methoxy groups -OCH3 is 1. The van der Waals surface area contributed by atoms with Gasteiger partial charge in [0.25, 0.3) is 0 Å². The van der Waals surface area contributed by atoms with E-state index in [4.69, 9.17) is 4.74 Å². The molecule has 0 aliphatic heterocycles. The topological polar surface area (TPSA) is 43.4 Å². The third-order valence-electron chi connectivity index (χ3n) is 1.89. The second-order valence-electron chi connectivity index (χ2n) is 2.72. The highest BCUT2D eigenvalue weighted by Crippen LogP contribution is 2.25. The fourth-order valence-electron chi connectivity index (χ4n) is 1.20. The van der Waals surface area contributed by atoms with Crippen LogP contribution in [0.1, 0.15) is 20.7 Å². The summed E-state index contributed by atoms with van der Waals surface area (Å²) in [6, 6.07) is 2.37. The monoisotopic (exact) mass is 274 g/mol. The number of ketones is 1. The Balaban J connectivity index is 3.41. The number of carbonyl (C=O) groups excluding carboxylic acids is 2. The molecule has 1 aromatic carbocycles. The first kappa shape index (κ1) is 11.8. The molecule has 0 aliphatic rings. The molecule has 0 spiro atoms. The molecule has 0 aromatic heterocycles. The van der Waals surface area contributed by atoms with Crippen LogP contribution in [0.25, 0.3) is 0 Å². The Hall–Kier alpha value is -1.23. The van der Waals surface area contributed by atoms with Crippen LogP contribution in [0.2, 0.25) is 0 Å². The highest BCUT2D eigenvalue weighted by Gasteiger charge is 2.17. The van der Waals surface area contributed by atoms with Gasteiger partial charge < -0.3 is 4.74 Å². The van der Waals surface area contributed by atoms with E-state index in [-0.39, 0.29) is 28.0 Å². The maximum atomic E-state index is 13.2. The van der Waals surface area contributed by atoms with Gasteiger partial charge in [-0.3, -0.25) is 9.59 Å². The molecule has 80 valence electrons. The van der Waals surface area contributed by atoms with E-state index in [0.29, 0.717) is 6.29 Å². The average Bonchev–Trinajstić information content (AvgIpc) is 2.27. The number of Topliss-reactive ketones (excluding diaryl/α,β-unsaturated/α-hetero) is 1. The minimum absolute atomic E-state index is 0.0190. The molecule has 15 heavy (non-hydrogen) atoms. The third-order valence-corrected chi connectivity index (χ3v) is 2.40. The van der Waals surface area contributed by atoms with Crippen LogP contribution in [0.4, 0.5) is 4.39 Å². The zero-order chi connectivity index (χ0) is 11.4. The van der Waals surface area contributed by atoms with E-state index < -0.39 is 5.82 Å². The first-order valence-electron chi connectivity index (χ1n) is 4.06. The first-order valence-corrected chi connectivity index (χ1v) is 5.18. The molecule has 0 saturated heterocycles. The van der Waals surface area contributed by atoms with E-state index >= 15 is 0 Å². The summed E-state index contributed by atoms with van der Waals surface area (Å²) in [5, 5.41) is 0.0906. The number of halogens is 2. The van der Waals surface area contributed by atoms with Gasteiger partial charge in [0, 0.05) is 0 Å². The van der Waals surface area contributed by atoms with Crippen molar-refractivity contribution in [3.05, 3.63) is 29.1 Å². The van der Waals surface area contributed by atoms with E-state index in [9.17, 15) is 14.0 Å². The number of alkyl halides is 1. The molecule has 0 atom stereocenters. The van der Waals surface area contributed by atoms with Gasteiger partial charge in [0.15, 0.2) is 12.1 Å². The summed E-state index contributed by atoms with van der Waals surface area (Å²) < 4.78 is 18.0. The van der Waals surface area contributed by atoms with Crippen molar-refractivity contribution in [3.8, 4) is 5.75 Å². The molecule has 0 aliphatic carbocycles. The fraction of sp³-hybridized carbons (Fsp3) is 0.200. The van der Waals surface area contributed by atoms with Gasteiger partial charge in [-0.05, 0) is 12.1 Å². The van der Waals surface area contributed by atoms with Crippen LogP contribution in [0.15, 0.2) is 12.1 Å². The van der Waals surface area contributed by atoms with Gasteiger partial charge in [-0.25, -0.2) is 4.39 Å². The molecule has 0 heterocycles. The number of aldehydes is 1. The summed E-state index contributed by atoms with van der Waals surface area (Å²) in [6.45, 7) is 0. The molecule has 1 aromatic rings. The number of rotatable bonds is 4.